The standard InChI is InChI=1S/C21H16FN3O2S/c1-13-5-7-17(14(2)10-13)20(26)25(23-12-16-4-3-9-27-16)21-24-18-8-6-15(22)11-19(18)28-21/h3-12H,1-2H3/b23-12-. The highest BCUT2D eigenvalue weighted by atomic mass is 32.1. The summed E-state index contributed by atoms with van der Waals surface area (Å²) in [6.07, 6.45) is 2.98. The minimum Gasteiger partial charge on any atom is -0.463 e. The molecule has 0 N–H and O–H groups in total. The maximum absolute atomic E-state index is 13.6. The Labute approximate surface area is 164 Å². The number of hydrogen-bond acceptors (Lipinski definition) is 5. The lowest BCUT2D eigenvalue weighted by Gasteiger charge is -2.15. The van der Waals surface area contributed by atoms with Gasteiger partial charge in [-0.15, -0.1) is 0 Å². The summed E-state index contributed by atoms with van der Waals surface area (Å²) >= 11 is 1.20. The minimum atomic E-state index is -0.353. The van der Waals surface area contributed by atoms with Gasteiger partial charge in [0.2, 0.25) is 5.13 Å². The van der Waals surface area contributed by atoms with Gasteiger partial charge in [-0.1, -0.05) is 29.0 Å². The van der Waals surface area contributed by atoms with Crippen LogP contribution in [-0.4, -0.2) is 17.1 Å². The van der Waals surface area contributed by atoms with Crippen molar-refractivity contribution in [3.8, 4) is 0 Å². The van der Waals surface area contributed by atoms with Crippen molar-refractivity contribution in [1.82, 2.24) is 4.98 Å². The monoisotopic (exact) mass is 393 g/mol. The molecule has 2 heterocycles. The molecule has 4 rings (SSSR count). The first kappa shape index (κ1) is 18.1. The van der Waals surface area contributed by atoms with E-state index in [0.29, 0.717) is 26.7 Å². The first-order chi connectivity index (χ1) is 13.5. The number of amides is 1. The molecule has 0 saturated carbocycles. The molecule has 4 aromatic rings. The Kier molecular flexibility index (Phi) is 4.75. The third-order valence-electron chi connectivity index (χ3n) is 4.17. The van der Waals surface area contributed by atoms with Gasteiger partial charge in [-0.3, -0.25) is 4.79 Å². The molecule has 2 aromatic carbocycles. The van der Waals surface area contributed by atoms with Crippen LogP contribution in [0.15, 0.2) is 64.3 Å². The Balaban J connectivity index is 1.79. The first-order valence-corrected chi connectivity index (χ1v) is 9.38. The van der Waals surface area contributed by atoms with Gasteiger partial charge in [0.25, 0.3) is 5.91 Å². The fourth-order valence-electron chi connectivity index (χ4n) is 2.81. The zero-order chi connectivity index (χ0) is 19.7. The number of hydrogen-bond donors (Lipinski definition) is 0. The number of aryl methyl sites for hydroxylation is 2. The van der Waals surface area contributed by atoms with Crippen molar-refractivity contribution in [2.24, 2.45) is 5.10 Å². The smallest absolute Gasteiger partial charge is 0.281 e. The molecule has 0 aliphatic carbocycles. The number of fused-ring (bicyclic) bond motifs is 1. The Morgan fingerprint density at radius 2 is 2.07 bits per heavy atom. The van der Waals surface area contributed by atoms with Gasteiger partial charge in [-0.25, -0.2) is 9.37 Å². The molecule has 0 saturated heterocycles. The van der Waals surface area contributed by atoms with Crippen LogP contribution >= 0.6 is 11.3 Å². The summed E-state index contributed by atoms with van der Waals surface area (Å²) < 4.78 is 19.5. The van der Waals surface area contributed by atoms with E-state index >= 15 is 0 Å². The van der Waals surface area contributed by atoms with Crippen LogP contribution in [0.2, 0.25) is 0 Å². The van der Waals surface area contributed by atoms with E-state index < -0.39 is 0 Å². The van der Waals surface area contributed by atoms with Crippen molar-refractivity contribution in [3.05, 3.63) is 83.1 Å². The quantitative estimate of drug-likeness (QED) is 0.348. The number of hydrazone groups is 1. The fraction of sp³-hybridized carbons (Fsp3) is 0.0952. The predicted molar refractivity (Wildman–Crippen MR) is 109 cm³/mol. The van der Waals surface area contributed by atoms with Crippen molar-refractivity contribution in [1.29, 1.82) is 0 Å². The minimum absolute atomic E-state index is 0.320. The molecule has 1 amide bonds. The lowest BCUT2D eigenvalue weighted by atomic mass is 10.1. The Morgan fingerprint density at radius 1 is 1.21 bits per heavy atom. The number of benzene rings is 2. The van der Waals surface area contributed by atoms with Gasteiger partial charge in [0, 0.05) is 5.56 Å². The van der Waals surface area contributed by atoms with Crippen LogP contribution < -0.4 is 5.01 Å². The van der Waals surface area contributed by atoms with Gasteiger partial charge < -0.3 is 4.42 Å². The molecular weight excluding hydrogens is 377 g/mol. The number of thiazole rings is 1. The zero-order valence-electron chi connectivity index (χ0n) is 15.2. The summed E-state index contributed by atoms with van der Waals surface area (Å²) in [6, 6.07) is 13.4. The van der Waals surface area contributed by atoms with Crippen molar-refractivity contribution in [2.45, 2.75) is 13.8 Å². The molecule has 0 aliphatic rings. The number of carbonyl (C=O) groups excluding carboxylic acids is 1. The lowest BCUT2D eigenvalue weighted by Crippen LogP contribution is -2.26. The van der Waals surface area contributed by atoms with E-state index in [9.17, 15) is 9.18 Å². The Hall–Kier alpha value is -3.32. The van der Waals surface area contributed by atoms with Crippen LogP contribution in [0.5, 0.6) is 0 Å². The second-order valence-electron chi connectivity index (χ2n) is 6.30. The maximum atomic E-state index is 13.6. The van der Waals surface area contributed by atoms with Gasteiger partial charge in [0.15, 0.2) is 0 Å². The van der Waals surface area contributed by atoms with Crippen molar-refractivity contribution >= 4 is 38.8 Å². The summed E-state index contributed by atoms with van der Waals surface area (Å²) in [5.41, 5.74) is 3.03. The van der Waals surface area contributed by atoms with Crippen LogP contribution in [0.1, 0.15) is 27.2 Å². The number of aromatic nitrogens is 1. The molecule has 0 fully saturated rings. The topological polar surface area (TPSA) is 58.7 Å². The zero-order valence-corrected chi connectivity index (χ0v) is 16.0. The van der Waals surface area contributed by atoms with Crippen molar-refractivity contribution in [3.63, 3.8) is 0 Å². The summed E-state index contributed by atoms with van der Waals surface area (Å²) in [7, 11) is 0. The van der Waals surface area contributed by atoms with E-state index in [4.69, 9.17) is 4.42 Å². The molecule has 0 atom stereocenters. The van der Waals surface area contributed by atoms with Crippen molar-refractivity contribution < 1.29 is 13.6 Å². The lowest BCUT2D eigenvalue weighted by molar-refractivity contribution is 0.0987. The number of carbonyl (C=O) groups is 1. The Bertz CT molecular complexity index is 1180. The third-order valence-corrected chi connectivity index (χ3v) is 5.16. The average Bonchev–Trinajstić information content (AvgIpc) is 3.31. The highest BCUT2D eigenvalue weighted by Crippen LogP contribution is 2.31. The SMILES string of the molecule is Cc1ccc(C(=O)N(/N=C\c2ccco2)c2nc3ccc(F)cc3s2)c(C)c1. The summed E-state index contributed by atoms with van der Waals surface area (Å²) in [5.74, 6) is -0.167. The molecule has 0 radical (unpaired) electrons. The van der Waals surface area contributed by atoms with E-state index in [1.54, 1.807) is 24.3 Å². The first-order valence-electron chi connectivity index (χ1n) is 8.56. The number of rotatable bonds is 4. The van der Waals surface area contributed by atoms with Gasteiger partial charge in [0.1, 0.15) is 11.6 Å². The van der Waals surface area contributed by atoms with E-state index in [2.05, 4.69) is 10.1 Å². The fourth-order valence-corrected chi connectivity index (χ4v) is 3.76. The van der Waals surface area contributed by atoms with Crippen LogP contribution in [0.3, 0.4) is 0 Å². The molecule has 2 aromatic heterocycles. The summed E-state index contributed by atoms with van der Waals surface area (Å²) in [4.78, 5) is 17.7. The second-order valence-corrected chi connectivity index (χ2v) is 7.31. The normalized spacial score (nSPS) is 11.4. The molecular formula is C21H16FN3O2S. The van der Waals surface area contributed by atoms with Crippen LogP contribution in [-0.2, 0) is 0 Å². The van der Waals surface area contributed by atoms with Gasteiger partial charge in [0.05, 0.1) is 22.7 Å². The Morgan fingerprint density at radius 3 is 2.82 bits per heavy atom. The van der Waals surface area contributed by atoms with E-state index in [1.165, 1.54) is 41.0 Å². The molecule has 28 heavy (non-hydrogen) atoms. The van der Waals surface area contributed by atoms with E-state index in [1.807, 2.05) is 26.0 Å². The van der Waals surface area contributed by atoms with E-state index in [-0.39, 0.29) is 11.7 Å². The molecule has 7 heteroatoms. The molecule has 0 spiro atoms. The largest absolute Gasteiger partial charge is 0.463 e. The summed E-state index contributed by atoms with van der Waals surface area (Å²) in [6.45, 7) is 3.85. The van der Waals surface area contributed by atoms with E-state index in [0.717, 1.165) is 11.1 Å². The molecule has 0 bridgehead atoms. The van der Waals surface area contributed by atoms with Crippen LogP contribution in [0, 0.1) is 19.7 Å². The maximum Gasteiger partial charge on any atom is 0.281 e. The third kappa shape index (κ3) is 3.57. The van der Waals surface area contributed by atoms with Gasteiger partial charge in [-0.2, -0.15) is 10.1 Å². The van der Waals surface area contributed by atoms with Crippen molar-refractivity contribution in [2.75, 3.05) is 5.01 Å². The molecule has 5 nitrogen and oxygen atoms in total. The van der Waals surface area contributed by atoms with Gasteiger partial charge >= 0.3 is 0 Å². The highest BCUT2D eigenvalue weighted by Gasteiger charge is 2.22. The number of nitrogens with zero attached hydrogens (tertiary/aromatic N) is 3. The number of furan rings is 1. The molecule has 140 valence electrons. The number of anilines is 1. The highest BCUT2D eigenvalue weighted by molar-refractivity contribution is 7.22. The van der Waals surface area contributed by atoms with Crippen LogP contribution in [0.4, 0.5) is 9.52 Å². The summed E-state index contributed by atoms with van der Waals surface area (Å²) in [5, 5.41) is 5.89. The number of halogens is 1. The van der Waals surface area contributed by atoms with Crippen LogP contribution in [0.25, 0.3) is 10.2 Å². The molecule has 0 aliphatic heterocycles. The average molecular weight is 393 g/mol. The predicted octanol–water partition coefficient (Wildman–Crippen LogP) is 5.33. The second kappa shape index (κ2) is 7.36. The van der Waals surface area contributed by atoms with Gasteiger partial charge in [-0.05, 0) is 55.8 Å². The molecule has 0 unspecified atom stereocenters.